The van der Waals surface area contributed by atoms with Gasteiger partial charge in [0.1, 0.15) is 11.5 Å². The molecule has 0 fully saturated rings. The van der Waals surface area contributed by atoms with Crippen molar-refractivity contribution in [2.24, 2.45) is 0 Å². The smallest absolute Gasteiger partial charge is 0.269 e. The van der Waals surface area contributed by atoms with Crippen molar-refractivity contribution in [3.8, 4) is 11.3 Å². The number of nitrogens with one attached hydrogen (secondary N) is 2. The van der Waals surface area contributed by atoms with Crippen LogP contribution in [0.3, 0.4) is 0 Å². The molecule has 0 aliphatic heterocycles. The van der Waals surface area contributed by atoms with Gasteiger partial charge >= 0.3 is 0 Å². The van der Waals surface area contributed by atoms with Gasteiger partial charge in [-0.15, -0.1) is 0 Å². The summed E-state index contributed by atoms with van der Waals surface area (Å²) in [4.78, 5) is 16.1. The minimum absolute atomic E-state index is 0.165. The van der Waals surface area contributed by atoms with E-state index < -0.39 is 0 Å². The van der Waals surface area contributed by atoms with Crippen molar-refractivity contribution in [3.63, 3.8) is 0 Å². The van der Waals surface area contributed by atoms with E-state index in [1.165, 1.54) is 0 Å². The fourth-order valence-electron chi connectivity index (χ4n) is 2.11. The average molecular weight is 296 g/mol. The third kappa shape index (κ3) is 3.41. The first-order valence-corrected chi connectivity index (χ1v) is 7.09. The zero-order valence-corrected chi connectivity index (χ0v) is 12.0. The van der Waals surface area contributed by atoms with E-state index in [0.29, 0.717) is 17.9 Å². The number of carbonyl (C=O) groups excluding carboxylic acids is 1. The van der Waals surface area contributed by atoms with Gasteiger partial charge in [-0.25, -0.2) is 0 Å². The average Bonchev–Trinajstić information content (AvgIpc) is 3.24. The van der Waals surface area contributed by atoms with Crippen LogP contribution in [0, 0.1) is 0 Å². The summed E-state index contributed by atoms with van der Waals surface area (Å²) in [7, 11) is 0. The Labute approximate surface area is 127 Å². The number of hydrogen-bond donors (Lipinski definition) is 2. The van der Waals surface area contributed by atoms with Crippen LogP contribution in [-0.2, 0) is 6.42 Å². The summed E-state index contributed by atoms with van der Waals surface area (Å²) in [6, 6.07) is 9.24. The van der Waals surface area contributed by atoms with Crippen LogP contribution < -0.4 is 5.32 Å². The summed E-state index contributed by atoms with van der Waals surface area (Å²) in [5, 5.41) is 9.74. The van der Waals surface area contributed by atoms with Crippen molar-refractivity contribution in [1.82, 2.24) is 20.5 Å². The van der Waals surface area contributed by atoms with Crippen LogP contribution in [0.15, 0.2) is 53.4 Å². The highest BCUT2D eigenvalue weighted by Gasteiger charge is 2.10. The van der Waals surface area contributed by atoms with Crippen LogP contribution in [-0.4, -0.2) is 27.6 Å². The van der Waals surface area contributed by atoms with Gasteiger partial charge in [0.05, 0.1) is 12.0 Å². The lowest BCUT2D eigenvalue weighted by Crippen LogP contribution is -2.25. The number of aryl methyl sites for hydroxylation is 1. The first kappa shape index (κ1) is 14.1. The molecule has 0 saturated heterocycles. The number of aromatic nitrogens is 3. The fraction of sp³-hybridized carbons (Fsp3) is 0.188. The second kappa shape index (κ2) is 6.71. The number of pyridine rings is 1. The predicted molar refractivity (Wildman–Crippen MR) is 81.2 cm³/mol. The molecule has 2 N–H and O–H groups in total. The highest BCUT2D eigenvalue weighted by molar-refractivity contribution is 5.93. The molecule has 0 aliphatic rings. The zero-order valence-electron chi connectivity index (χ0n) is 12.0. The van der Waals surface area contributed by atoms with E-state index in [-0.39, 0.29) is 5.91 Å². The molecule has 0 spiro atoms. The first-order chi connectivity index (χ1) is 10.8. The molecule has 22 heavy (non-hydrogen) atoms. The number of hydrogen-bond acceptors (Lipinski definition) is 4. The van der Waals surface area contributed by atoms with Gasteiger partial charge in [0.2, 0.25) is 0 Å². The maximum absolute atomic E-state index is 12.0. The maximum Gasteiger partial charge on any atom is 0.269 e. The van der Waals surface area contributed by atoms with Crippen molar-refractivity contribution in [2.75, 3.05) is 6.54 Å². The lowest BCUT2D eigenvalue weighted by atomic mass is 10.2. The van der Waals surface area contributed by atoms with Gasteiger partial charge in [0, 0.05) is 30.9 Å². The Morgan fingerprint density at radius 2 is 2.27 bits per heavy atom. The van der Waals surface area contributed by atoms with Gasteiger partial charge in [0.15, 0.2) is 0 Å². The molecule has 1 amide bonds. The Kier molecular flexibility index (Phi) is 4.29. The molecule has 0 aliphatic carbocycles. The van der Waals surface area contributed by atoms with E-state index >= 15 is 0 Å². The van der Waals surface area contributed by atoms with Gasteiger partial charge in [-0.3, -0.25) is 14.9 Å². The van der Waals surface area contributed by atoms with E-state index in [0.717, 1.165) is 24.2 Å². The largest absolute Gasteiger partial charge is 0.469 e. The third-order valence-electron chi connectivity index (χ3n) is 3.25. The Hall–Kier alpha value is -2.89. The van der Waals surface area contributed by atoms with Crippen molar-refractivity contribution in [2.45, 2.75) is 12.8 Å². The lowest BCUT2D eigenvalue weighted by Gasteiger charge is -2.02. The number of furan rings is 1. The van der Waals surface area contributed by atoms with Crippen LogP contribution in [0.25, 0.3) is 11.3 Å². The standard InChI is InChI=1S/C16H16N4O2/c21-16(18-8-2-5-13-6-3-9-22-13)15-10-14(19-20-15)12-4-1-7-17-11-12/h1,3-4,6-7,9-11H,2,5,8H2,(H,18,21)(H,19,20). The number of carbonyl (C=O) groups is 1. The van der Waals surface area contributed by atoms with Crippen LogP contribution in [0.2, 0.25) is 0 Å². The Morgan fingerprint density at radius 3 is 3.05 bits per heavy atom. The molecule has 6 nitrogen and oxygen atoms in total. The molecular formula is C16H16N4O2. The maximum atomic E-state index is 12.0. The molecule has 3 aromatic heterocycles. The molecule has 3 rings (SSSR count). The molecule has 112 valence electrons. The van der Waals surface area contributed by atoms with E-state index in [1.807, 2.05) is 24.3 Å². The SMILES string of the molecule is O=C(NCCCc1ccco1)c1cc(-c2cccnc2)n[nH]1. The molecule has 3 aromatic rings. The van der Waals surface area contributed by atoms with Crippen molar-refractivity contribution >= 4 is 5.91 Å². The van der Waals surface area contributed by atoms with Gasteiger partial charge < -0.3 is 9.73 Å². The number of rotatable bonds is 6. The van der Waals surface area contributed by atoms with Crippen molar-refractivity contribution in [3.05, 3.63) is 60.4 Å². The number of nitrogens with zero attached hydrogens (tertiary/aromatic N) is 2. The molecule has 0 bridgehead atoms. The Morgan fingerprint density at radius 1 is 1.32 bits per heavy atom. The van der Waals surface area contributed by atoms with Crippen LogP contribution in [0.4, 0.5) is 0 Å². The van der Waals surface area contributed by atoms with Crippen molar-refractivity contribution < 1.29 is 9.21 Å². The summed E-state index contributed by atoms with van der Waals surface area (Å²) in [6.45, 7) is 0.584. The zero-order chi connectivity index (χ0) is 15.2. The van der Waals surface area contributed by atoms with Crippen molar-refractivity contribution in [1.29, 1.82) is 0 Å². The monoisotopic (exact) mass is 296 g/mol. The molecule has 6 heteroatoms. The quantitative estimate of drug-likeness (QED) is 0.684. The highest BCUT2D eigenvalue weighted by atomic mass is 16.3. The summed E-state index contributed by atoms with van der Waals surface area (Å²) in [5.41, 5.74) is 2.02. The fourth-order valence-corrected chi connectivity index (χ4v) is 2.11. The third-order valence-corrected chi connectivity index (χ3v) is 3.25. The van der Waals surface area contributed by atoms with Gasteiger partial charge in [-0.1, -0.05) is 0 Å². The lowest BCUT2D eigenvalue weighted by molar-refractivity contribution is 0.0948. The second-order valence-corrected chi connectivity index (χ2v) is 4.85. The molecule has 0 saturated carbocycles. The second-order valence-electron chi connectivity index (χ2n) is 4.85. The summed E-state index contributed by atoms with van der Waals surface area (Å²) in [5.74, 6) is 0.761. The number of aromatic amines is 1. The molecule has 0 aromatic carbocycles. The van der Waals surface area contributed by atoms with E-state index in [2.05, 4.69) is 20.5 Å². The Bertz CT molecular complexity index is 720. The van der Waals surface area contributed by atoms with Crippen LogP contribution in [0.5, 0.6) is 0 Å². The van der Waals surface area contributed by atoms with E-state index in [4.69, 9.17) is 4.42 Å². The molecular weight excluding hydrogens is 280 g/mol. The summed E-state index contributed by atoms with van der Waals surface area (Å²) >= 11 is 0. The van der Waals surface area contributed by atoms with Crippen LogP contribution >= 0.6 is 0 Å². The number of amides is 1. The Balaban J connectivity index is 1.51. The minimum Gasteiger partial charge on any atom is -0.469 e. The summed E-state index contributed by atoms with van der Waals surface area (Å²) < 4.78 is 5.24. The van der Waals surface area contributed by atoms with Gasteiger partial charge in [-0.05, 0) is 36.8 Å². The molecule has 0 radical (unpaired) electrons. The van der Waals surface area contributed by atoms with Gasteiger partial charge in [-0.2, -0.15) is 5.10 Å². The topological polar surface area (TPSA) is 83.8 Å². The minimum atomic E-state index is -0.165. The van der Waals surface area contributed by atoms with E-state index in [1.54, 1.807) is 24.7 Å². The first-order valence-electron chi connectivity index (χ1n) is 7.09. The molecule has 0 atom stereocenters. The highest BCUT2D eigenvalue weighted by Crippen LogP contribution is 2.15. The van der Waals surface area contributed by atoms with Gasteiger partial charge in [0.25, 0.3) is 5.91 Å². The number of H-pyrrole nitrogens is 1. The molecule has 0 unspecified atom stereocenters. The normalized spacial score (nSPS) is 10.5. The van der Waals surface area contributed by atoms with E-state index in [9.17, 15) is 4.79 Å². The summed E-state index contributed by atoms with van der Waals surface area (Å²) in [6.07, 6.45) is 6.68. The van der Waals surface area contributed by atoms with Crippen LogP contribution in [0.1, 0.15) is 22.7 Å². The predicted octanol–water partition coefficient (Wildman–Crippen LogP) is 2.43. The molecule has 3 heterocycles.